The summed E-state index contributed by atoms with van der Waals surface area (Å²) in [4.78, 5) is 24.0. The maximum atomic E-state index is 14.3. The van der Waals surface area contributed by atoms with Gasteiger partial charge in [-0.05, 0) is 76.4 Å². The fourth-order valence-electron chi connectivity index (χ4n) is 4.54. The van der Waals surface area contributed by atoms with Gasteiger partial charge in [0.25, 0.3) is 10.0 Å². The lowest BCUT2D eigenvalue weighted by molar-refractivity contribution is 0.0527. The Labute approximate surface area is 266 Å². The number of hydrogen-bond donors (Lipinski definition) is 2. The number of carbonyl (C=O) groups excluding carboxylic acids is 1. The zero-order valence-corrected chi connectivity index (χ0v) is 27.1. The van der Waals surface area contributed by atoms with Crippen molar-refractivity contribution < 1.29 is 36.2 Å². The number of carbonyl (C=O) groups is 1. The molecule has 0 aliphatic carbocycles. The molecule has 14 heteroatoms. The number of fused-ring (bicyclic) bond motifs is 1. The second kappa shape index (κ2) is 14.7. The monoisotopic (exact) mass is 657 g/mol. The molecule has 2 aromatic carbocycles. The van der Waals surface area contributed by atoms with Crippen LogP contribution in [0.15, 0.2) is 53.8 Å². The maximum Gasteiger partial charge on any atom is 0.407 e. The molecule has 0 aliphatic heterocycles. The topological polar surface area (TPSA) is 142 Å². The molecule has 11 nitrogen and oxygen atoms in total. The van der Waals surface area contributed by atoms with Crippen LogP contribution in [0.25, 0.3) is 22.0 Å². The first-order chi connectivity index (χ1) is 21.8. The molecule has 1 amide bonds. The number of nitrogens with zero attached hydrogens (tertiary/aromatic N) is 3. The SMILES string of the molecule is COc1ncc(-c2cc(OCCCCCCNC(=O)OC(C)(C)C)c3ncnc(C)c3c2)cc1NS(=O)(=O)c1ccc(F)cc1F. The zero-order valence-electron chi connectivity index (χ0n) is 26.3. The van der Waals surface area contributed by atoms with Crippen molar-refractivity contribution in [2.45, 2.75) is 63.9 Å². The van der Waals surface area contributed by atoms with Crippen molar-refractivity contribution in [1.82, 2.24) is 20.3 Å². The van der Waals surface area contributed by atoms with Gasteiger partial charge in [-0.2, -0.15) is 0 Å². The minimum Gasteiger partial charge on any atom is -0.491 e. The molecule has 4 aromatic rings. The van der Waals surface area contributed by atoms with Crippen LogP contribution in [0.1, 0.15) is 52.1 Å². The number of rotatable bonds is 13. The van der Waals surface area contributed by atoms with Crippen molar-refractivity contribution in [1.29, 1.82) is 0 Å². The summed E-state index contributed by atoms with van der Waals surface area (Å²) in [5.41, 5.74) is 1.88. The van der Waals surface area contributed by atoms with Gasteiger partial charge in [-0.15, -0.1) is 0 Å². The quantitative estimate of drug-likeness (QED) is 0.153. The lowest BCUT2D eigenvalue weighted by Crippen LogP contribution is -2.32. The van der Waals surface area contributed by atoms with Crippen LogP contribution >= 0.6 is 0 Å². The van der Waals surface area contributed by atoms with Crippen LogP contribution in [-0.2, 0) is 14.8 Å². The summed E-state index contributed by atoms with van der Waals surface area (Å²) in [6.07, 6.45) is 5.86. The van der Waals surface area contributed by atoms with Crippen LogP contribution in [0, 0.1) is 18.6 Å². The minimum atomic E-state index is -4.46. The van der Waals surface area contributed by atoms with Crippen LogP contribution in [-0.4, -0.2) is 55.3 Å². The van der Waals surface area contributed by atoms with Gasteiger partial charge in [0.1, 0.15) is 45.4 Å². The molecule has 2 heterocycles. The third-order valence-electron chi connectivity index (χ3n) is 6.71. The van der Waals surface area contributed by atoms with E-state index in [0.717, 1.165) is 43.2 Å². The molecule has 0 bridgehead atoms. The molecule has 0 spiro atoms. The lowest BCUT2D eigenvalue weighted by atomic mass is 10.0. The Kier molecular flexibility index (Phi) is 10.9. The Hall–Kier alpha value is -4.59. The normalized spacial score (nSPS) is 11.7. The zero-order chi connectivity index (χ0) is 33.5. The average molecular weight is 658 g/mol. The first-order valence-corrected chi connectivity index (χ1v) is 16.1. The lowest BCUT2D eigenvalue weighted by Gasteiger charge is -2.19. The number of halogens is 2. The maximum absolute atomic E-state index is 14.3. The summed E-state index contributed by atoms with van der Waals surface area (Å²) in [6.45, 7) is 8.22. The van der Waals surface area contributed by atoms with E-state index >= 15 is 0 Å². The Morgan fingerprint density at radius 1 is 0.957 bits per heavy atom. The second-order valence-electron chi connectivity index (χ2n) is 11.5. The molecular formula is C32H37F2N5O6S. The van der Waals surface area contributed by atoms with E-state index in [9.17, 15) is 22.0 Å². The van der Waals surface area contributed by atoms with Crippen molar-refractivity contribution in [2.75, 3.05) is 25.0 Å². The van der Waals surface area contributed by atoms with Gasteiger partial charge in [-0.1, -0.05) is 12.8 Å². The fraction of sp³-hybridized carbons (Fsp3) is 0.375. The Bertz CT molecular complexity index is 1820. The Morgan fingerprint density at radius 2 is 1.72 bits per heavy atom. The Morgan fingerprint density at radius 3 is 2.43 bits per heavy atom. The fourth-order valence-corrected chi connectivity index (χ4v) is 5.65. The number of aryl methyl sites for hydroxylation is 1. The Balaban J connectivity index is 1.49. The highest BCUT2D eigenvalue weighted by Gasteiger charge is 2.23. The summed E-state index contributed by atoms with van der Waals surface area (Å²) in [7, 11) is -3.14. The molecule has 0 radical (unpaired) electrons. The molecule has 0 saturated heterocycles. The number of nitrogens with one attached hydrogen (secondary N) is 2. The van der Waals surface area contributed by atoms with Crippen LogP contribution in [0.2, 0.25) is 0 Å². The van der Waals surface area contributed by atoms with Crippen molar-refractivity contribution in [2.24, 2.45) is 0 Å². The first kappa shape index (κ1) is 34.3. The predicted molar refractivity (Wildman–Crippen MR) is 169 cm³/mol. The molecule has 246 valence electrons. The van der Waals surface area contributed by atoms with Crippen molar-refractivity contribution in [3.63, 3.8) is 0 Å². The summed E-state index contributed by atoms with van der Waals surface area (Å²) in [6, 6.07) is 7.31. The highest BCUT2D eigenvalue weighted by molar-refractivity contribution is 7.92. The molecule has 46 heavy (non-hydrogen) atoms. The van der Waals surface area contributed by atoms with E-state index in [4.69, 9.17) is 14.2 Å². The molecule has 0 aliphatic rings. The van der Waals surface area contributed by atoms with E-state index in [1.807, 2.05) is 33.8 Å². The standard InChI is InChI=1S/C32H37F2N5O6S/c1-20-24-14-21(22-15-26(30(43-5)36-18-22)39-46(41,42)28-11-10-23(33)17-25(28)34)16-27(29(24)38-19-37-20)44-13-9-7-6-8-12-35-31(40)45-32(2,3)4/h10-11,14-19,39H,6-9,12-13H2,1-5H3,(H,35,40). The number of ether oxygens (including phenoxy) is 3. The molecule has 2 N–H and O–H groups in total. The molecule has 0 unspecified atom stereocenters. The van der Waals surface area contributed by atoms with E-state index in [1.165, 1.54) is 25.7 Å². The van der Waals surface area contributed by atoms with Crippen LogP contribution in [0.4, 0.5) is 19.3 Å². The predicted octanol–water partition coefficient (Wildman–Crippen LogP) is 6.55. The minimum absolute atomic E-state index is 0.0477. The number of methoxy groups -OCH3 is 1. The van der Waals surface area contributed by atoms with Crippen molar-refractivity contribution in [3.8, 4) is 22.8 Å². The third kappa shape index (κ3) is 8.99. The van der Waals surface area contributed by atoms with E-state index in [1.54, 1.807) is 6.07 Å². The van der Waals surface area contributed by atoms with E-state index in [-0.39, 0.29) is 11.6 Å². The molecule has 4 rings (SSSR count). The van der Waals surface area contributed by atoms with E-state index in [2.05, 4.69) is 25.0 Å². The van der Waals surface area contributed by atoms with Gasteiger partial charge in [-0.3, -0.25) is 4.72 Å². The molecule has 0 saturated carbocycles. The van der Waals surface area contributed by atoms with Crippen LogP contribution < -0.4 is 19.5 Å². The molecule has 0 fully saturated rings. The number of aromatic nitrogens is 3. The highest BCUT2D eigenvalue weighted by Crippen LogP contribution is 2.35. The highest BCUT2D eigenvalue weighted by atomic mass is 32.2. The van der Waals surface area contributed by atoms with E-state index in [0.29, 0.717) is 47.3 Å². The third-order valence-corrected chi connectivity index (χ3v) is 8.10. The van der Waals surface area contributed by atoms with Gasteiger partial charge in [0, 0.05) is 35.5 Å². The van der Waals surface area contributed by atoms with Crippen molar-refractivity contribution >= 4 is 32.7 Å². The van der Waals surface area contributed by atoms with Crippen LogP contribution in [0.3, 0.4) is 0 Å². The van der Waals surface area contributed by atoms with Crippen molar-refractivity contribution in [3.05, 3.63) is 66.3 Å². The summed E-state index contributed by atoms with van der Waals surface area (Å²) in [5, 5.41) is 3.48. The summed E-state index contributed by atoms with van der Waals surface area (Å²) in [5.74, 6) is -1.68. The number of pyridine rings is 1. The first-order valence-electron chi connectivity index (χ1n) is 14.6. The molecule has 0 atom stereocenters. The number of unbranched alkanes of at least 4 members (excludes halogenated alkanes) is 3. The van der Waals surface area contributed by atoms with Crippen LogP contribution in [0.5, 0.6) is 11.6 Å². The number of hydrogen-bond acceptors (Lipinski definition) is 9. The van der Waals surface area contributed by atoms with Gasteiger partial charge in [0.15, 0.2) is 0 Å². The number of benzene rings is 2. The second-order valence-corrected chi connectivity index (χ2v) is 13.1. The number of sulfonamides is 1. The van der Waals surface area contributed by atoms with Gasteiger partial charge < -0.3 is 19.5 Å². The van der Waals surface area contributed by atoms with Gasteiger partial charge >= 0.3 is 6.09 Å². The molecule has 2 aromatic heterocycles. The smallest absolute Gasteiger partial charge is 0.407 e. The summed E-state index contributed by atoms with van der Waals surface area (Å²) >= 11 is 0. The number of anilines is 1. The number of alkyl carbamates (subject to hydrolysis) is 1. The van der Waals surface area contributed by atoms with Gasteiger partial charge in [-0.25, -0.2) is 36.9 Å². The van der Waals surface area contributed by atoms with Gasteiger partial charge in [0.2, 0.25) is 5.88 Å². The van der Waals surface area contributed by atoms with E-state index < -0.39 is 38.2 Å². The van der Waals surface area contributed by atoms with Gasteiger partial charge in [0.05, 0.1) is 13.7 Å². The average Bonchev–Trinajstić information content (AvgIpc) is 2.97. The molecular weight excluding hydrogens is 620 g/mol. The number of amides is 1. The largest absolute Gasteiger partial charge is 0.491 e. The summed E-state index contributed by atoms with van der Waals surface area (Å²) < 4.78 is 72.7.